The lowest BCUT2D eigenvalue weighted by Crippen LogP contribution is -2.70. The Morgan fingerprint density at radius 3 is 1.98 bits per heavy atom. The quantitative estimate of drug-likeness (QED) is 0.0645. The lowest BCUT2D eigenvalue weighted by atomic mass is 10.1. The molecular weight excluding hydrogens is 588 g/mol. The molecular formula is C31H26N4O8S. The van der Waals surface area contributed by atoms with Crippen molar-refractivity contribution in [1.82, 2.24) is 14.5 Å². The van der Waals surface area contributed by atoms with Gasteiger partial charge in [-0.2, -0.15) is 0 Å². The summed E-state index contributed by atoms with van der Waals surface area (Å²) in [6, 6.07) is 20.4. The van der Waals surface area contributed by atoms with Gasteiger partial charge in [-0.1, -0.05) is 42.5 Å². The van der Waals surface area contributed by atoms with Crippen LogP contribution < -0.4 is 5.32 Å². The van der Waals surface area contributed by atoms with Gasteiger partial charge in [0.1, 0.15) is 11.4 Å². The summed E-state index contributed by atoms with van der Waals surface area (Å²) in [4.78, 5) is 71.1. The molecule has 4 heterocycles. The fourth-order valence-corrected chi connectivity index (χ4v) is 5.89. The Kier molecular flexibility index (Phi) is 8.32. The number of nitro groups is 1. The molecule has 12 nitrogen and oxygen atoms in total. The summed E-state index contributed by atoms with van der Waals surface area (Å²) in [5, 5.41) is 12.5. The Bertz CT molecular complexity index is 1650. The lowest BCUT2D eigenvalue weighted by Gasteiger charge is -2.47. The van der Waals surface area contributed by atoms with E-state index in [9.17, 15) is 34.1 Å². The van der Waals surface area contributed by atoms with E-state index < -0.39 is 40.4 Å². The van der Waals surface area contributed by atoms with Gasteiger partial charge in [0.2, 0.25) is 11.8 Å². The molecule has 4 aliphatic heterocycles. The van der Waals surface area contributed by atoms with Gasteiger partial charge in [0, 0.05) is 13.5 Å². The van der Waals surface area contributed by atoms with Crippen LogP contribution >= 0.6 is 11.9 Å². The maximum Gasteiger partial charge on any atom is 0.383 e. The number of fused-ring (bicyclic) bond motifs is 6. The first kappa shape index (κ1) is 30.2. The van der Waals surface area contributed by atoms with Crippen LogP contribution in [0.4, 0.5) is 0 Å². The Balaban J connectivity index is 0.000000165. The van der Waals surface area contributed by atoms with Crippen molar-refractivity contribution in [2.45, 2.75) is 31.5 Å². The minimum Gasteiger partial charge on any atom is -0.390 e. The van der Waals surface area contributed by atoms with Crippen LogP contribution in [0, 0.1) is 10.1 Å². The van der Waals surface area contributed by atoms with Crippen molar-refractivity contribution in [2.24, 2.45) is 0 Å². The summed E-state index contributed by atoms with van der Waals surface area (Å²) < 4.78 is 5.68. The van der Waals surface area contributed by atoms with Crippen molar-refractivity contribution in [3.8, 4) is 11.1 Å². The van der Waals surface area contributed by atoms with Crippen molar-refractivity contribution in [1.29, 1.82) is 0 Å². The molecule has 0 aromatic heterocycles. The van der Waals surface area contributed by atoms with E-state index in [4.69, 9.17) is 0 Å². The molecule has 44 heavy (non-hydrogen) atoms. The number of benzene rings is 3. The van der Waals surface area contributed by atoms with Crippen molar-refractivity contribution >= 4 is 41.5 Å². The van der Waals surface area contributed by atoms with Crippen LogP contribution in [0.15, 0.2) is 84.9 Å². The number of β-lactam (4-membered cyclic amide) rings is 1. The Morgan fingerprint density at radius 1 is 0.932 bits per heavy atom. The molecule has 2 bridgehead atoms. The summed E-state index contributed by atoms with van der Waals surface area (Å²) >= 11 is 0.954. The third-order valence-electron chi connectivity index (χ3n) is 6.86. The monoisotopic (exact) mass is 614 g/mol. The van der Waals surface area contributed by atoms with Crippen molar-refractivity contribution < 1.29 is 33.6 Å². The standard InChI is InChI=1S/C17H17N3O4S.C8H5NO4.C6H4/c1-9(2)8-19-16(24)13(18-10(3)21)17(19)25-20-14(22)11-6-4-5-7-12(11)15(20)23;10-8-6-3-1-5(2-4-6)7(13-8)9(11)12;1-2-5-4-6(5)3-1/h4-7,13,17H,1,8H2,2-3H3,(H,18,21);1-4,7H;1-4H. The van der Waals surface area contributed by atoms with Gasteiger partial charge in [-0.15, -0.1) is 0 Å². The topological polar surface area (TPSA) is 156 Å². The molecule has 4 amide bonds. The smallest absolute Gasteiger partial charge is 0.383 e. The average Bonchev–Trinajstić information content (AvgIpc) is 3.62. The molecule has 13 heteroatoms. The number of hydrogen-bond donors (Lipinski definition) is 1. The maximum atomic E-state index is 12.5. The number of nitrogens with one attached hydrogen (secondary N) is 1. The summed E-state index contributed by atoms with van der Waals surface area (Å²) in [7, 11) is 0. The summed E-state index contributed by atoms with van der Waals surface area (Å²) in [6.07, 6.45) is -1.36. The minimum atomic E-state index is -1.36. The lowest BCUT2D eigenvalue weighted by molar-refractivity contribution is -0.574. The summed E-state index contributed by atoms with van der Waals surface area (Å²) in [5.74, 6) is -2.08. The van der Waals surface area contributed by atoms with Gasteiger partial charge in [-0.3, -0.25) is 29.3 Å². The number of nitrogens with zero attached hydrogens (tertiary/aromatic N) is 3. The first-order valence-corrected chi connectivity index (χ1v) is 14.2. The van der Waals surface area contributed by atoms with Crippen LogP contribution in [-0.2, 0) is 14.3 Å². The van der Waals surface area contributed by atoms with E-state index in [1.165, 1.54) is 47.2 Å². The summed E-state index contributed by atoms with van der Waals surface area (Å²) in [6.45, 7) is 7.19. The van der Waals surface area contributed by atoms with Crippen LogP contribution in [-0.4, -0.2) is 61.7 Å². The molecule has 2 aromatic rings. The Morgan fingerprint density at radius 2 is 1.52 bits per heavy atom. The highest BCUT2D eigenvalue weighted by Gasteiger charge is 2.51. The molecule has 6 aliphatic rings. The zero-order valence-corrected chi connectivity index (χ0v) is 24.4. The molecule has 1 N–H and O–H groups in total. The predicted molar refractivity (Wildman–Crippen MR) is 159 cm³/mol. The third kappa shape index (κ3) is 6.08. The van der Waals surface area contributed by atoms with E-state index in [1.807, 2.05) is 0 Å². The van der Waals surface area contributed by atoms with Crippen LogP contribution in [0.3, 0.4) is 0 Å². The molecule has 224 valence electrons. The number of rotatable bonds is 6. The van der Waals surface area contributed by atoms with Gasteiger partial charge in [0.05, 0.1) is 27.2 Å². The van der Waals surface area contributed by atoms with Gasteiger partial charge >= 0.3 is 12.2 Å². The number of hydrogen-bond acceptors (Lipinski definition) is 9. The zero-order chi connectivity index (χ0) is 31.7. The van der Waals surface area contributed by atoms with E-state index in [0.29, 0.717) is 28.8 Å². The van der Waals surface area contributed by atoms with Crippen LogP contribution in [0.2, 0.25) is 0 Å². The highest BCUT2D eigenvalue weighted by atomic mass is 32.2. The molecule has 0 saturated carbocycles. The fourth-order valence-electron chi connectivity index (χ4n) is 4.68. The van der Waals surface area contributed by atoms with Gasteiger partial charge < -0.3 is 15.0 Å². The van der Waals surface area contributed by atoms with Crippen LogP contribution in [0.5, 0.6) is 0 Å². The number of carbonyl (C=O) groups excluding carboxylic acids is 5. The summed E-state index contributed by atoms with van der Waals surface area (Å²) in [5.41, 5.74) is 5.03. The molecule has 2 aromatic carbocycles. The van der Waals surface area contributed by atoms with E-state index in [0.717, 1.165) is 21.8 Å². The van der Waals surface area contributed by atoms with Crippen molar-refractivity contribution in [3.63, 3.8) is 0 Å². The first-order valence-electron chi connectivity index (χ1n) is 13.4. The second kappa shape index (κ2) is 12.1. The highest BCUT2D eigenvalue weighted by molar-refractivity contribution is 7.98. The van der Waals surface area contributed by atoms with Crippen molar-refractivity contribution in [2.75, 3.05) is 6.54 Å². The van der Waals surface area contributed by atoms with E-state index in [-0.39, 0.29) is 11.8 Å². The third-order valence-corrected chi connectivity index (χ3v) is 8.15. The molecule has 3 atom stereocenters. The Labute approximate surface area is 255 Å². The first-order chi connectivity index (χ1) is 21.0. The molecule has 0 spiro atoms. The van der Waals surface area contributed by atoms with Gasteiger partial charge in [-0.25, -0.2) is 9.10 Å². The normalized spacial score (nSPS) is 19.7. The fraction of sp³-hybridized carbons (Fsp3) is 0.194. The number of amides is 4. The van der Waals surface area contributed by atoms with Crippen molar-refractivity contribution in [3.05, 3.63) is 117 Å². The average molecular weight is 615 g/mol. The van der Waals surface area contributed by atoms with Gasteiger partial charge in [-0.05, 0) is 72.5 Å². The molecule has 1 saturated heterocycles. The maximum absolute atomic E-state index is 12.5. The zero-order valence-electron chi connectivity index (χ0n) is 23.6. The predicted octanol–water partition coefficient (Wildman–Crippen LogP) is 3.98. The van der Waals surface area contributed by atoms with E-state index >= 15 is 0 Å². The minimum absolute atomic E-state index is 0.257. The molecule has 8 rings (SSSR count). The van der Waals surface area contributed by atoms with Gasteiger partial charge in [0.15, 0.2) is 0 Å². The number of esters is 1. The molecule has 0 radical (unpaired) electrons. The highest BCUT2D eigenvalue weighted by Crippen LogP contribution is 2.38. The molecule has 3 unspecified atom stereocenters. The molecule has 1 fully saturated rings. The number of ether oxygens (including phenoxy) is 1. The van der Waals surface area contributed by atoms with E-state index in [1.54, 1.807) is 31.2 Å². The second-order valence-electron chi connectivity index (χ2n) is 10.3. The van der Waals surface area contributed by atoms with Gasteiger partial charge in [0.25, 0.3) is 11.8 Å². The SMILES string of the molecule is C=C(C)CN1C(=O)C(NC(C)=O)C1SN1C(=O)c2ccccc2C1=O.O=C1OC([N+](=O)[O-])c2ccc1cc2.c1cc2cc-2c1. The Hall–Kier alpha value is -5.30. The van der Waals surface area contributed by atoms with Crippen LogP contribution in [0.1, 0.15) is 56.7 Å². The number of imide groups is 1. The largest absolute Gasteiger partial charge is 0.390 e. The van der Waals surface area contributed by atoms with Crippen LogP contribution in [0.25, 0.3) is 11.1 Å². The molecule has 2 aliphatic carbocycles. The van der Waals surface area contributed by atoms with E-state index in [2.05, 4.69) is 40.9 Å². The number of likely N-dealkylation sites (tertiary alicyclic amines) is 1. The second-order valence-corrected chi connectivity index (χ2v) is 11.4. The number of carbonyl (C=O) groups is 5.